The number of hydrogen-bond donors (Lipinski definition) is 2. The lowest BCUT2D eigenvalue weighted by Gasteiger charge is -2.10. The molecule has 3 aromatic carbocycles. The molecule has 3 rings (SSSR count). The summed E-state index contributed by atoms with van der Waals surface area (Å²) in [5.74, 6) is -0.185. The van der Waals surface area contributed by atoms with Gasteiger partial charge >= 0.3 is 5.97 Å². The Balaban J connectivity index is 1.58. The summed E-state index contributed by atoms with van der Waals surface area (Å²) >= 11 is 11.9. The molecule has 4 nitrogen and oxygen atoms in total. The van der Waals surface area contributed by atoms with Gasteiger partial charge in [0.25, 0.3) is 0 Å². The van der Waals surface area contributed by atoms with Crippen molar-refractivity contribution in [1.29, 1.82) is 0 Å². The minimum absolute atomic E-state index is 0.262. The van der Waals surface area contributed by atoms with Gasteiger partial charge in [-0.25, -0.2) is 4.79 Å². The van der Waals surface area contributed by atoms with E-state index >= 15 is 0 Å². The van der Waals surface area contributed by atoms with E-state index in [1.54, 1.807) is 36.4 Å². The molecular formula is C21H17Cl2NO3. The highest BCUT2D eigenvalue weighted by molar-refractivity contribution is 6.42. The van der Waals surface area contributed by atoms with Crippen LogP contribution >= 0.6 is 23.2 Å². The Bertz CT molecular complexity index is 942. The van der Waals surface area contributed by atoms with Crippen LogP contribution in [-0.4, -0.2) is 11.1 Å². The number of halogens is 2. The molecule has 138 valence electrons. The molecule has 0 aliphatic carbocycles. The van der Waals surface area contributed by atoms with Gasteiger partial charge in [0.05, 0.1) is 15.6 Å². The molecule has 0 aromatic heterocycles. The molecule has 0 fully saturated rings. The fourth-order valence-corrected chi connectivity index (χ4v) is 2.80. The zero-order valence-corrected chi connectivity index (χ0v) is 15.8. The first-order chi connectivity index (χ1) is 13.0. The first-order valence-electron chi connectivity index (χ1n) is 8.24. The molecule has 0 unspecified atom stereocenters. The zero-order chi connectivity index (χ0) is 19.2. The maximum Gasteiger partial charge on any atom is 0.335 e. The van der Waals surface area contributed by atoms with Crippen LogP contribution in [0.3, 0.4) is 0 Å². The van der Waals surface area contributed by atoms with Crippen LogP contribution in [0, 0.1) is 0 Å². The van der Waals surface area contributed by atoms with Crippen LogP contribution in [-0.2, 0) is 13.2 Å². The number of carboxylic acids is 1. The zero-order valence-electron chi connectivity index (χ0n) is 14.3. The van der Waals surface area contributed by atoms with E-state index in [2.05, 4.69) is 5.32 Å². The molecule has 0 bridgehead atoms. The van der Waals surface area contributed by atoms with Gasteiger partial charge in [-0.15, -0.1) is 0 Å². The molecule has 2 N–H and O–H groups in total. The summed E-state index contributed by atoms with van der Waals surface area (Å²) in [6.45, 7) is 0.987. The fraction of sp³-hybridized carbons (Fsp3) is 0.0952. The molecule has 0 heterocycles. The van der Waals surface area contributed by atoms with Crippen molar-refractivity contribution >= 4 is 34.9 Å². The Morgan fingerprint density at radius 1 is 0.926 bits per heavy atom. The summed E-state index contributed by atoms with van der Waals surface area (Å²) in [4.78, 5) is 10.9. The monoisotopic (exact) mass is 401 g/mol. The lowest BCUT2D eigenvalue weighted by Crippen LogP contribution is -2.01. The normalized spacial score (nSPS) is 10.4. The Kier molecular flexibility index (Phi) is 6.22. The molecular weight excluding hydrogens is 385 g/mol. The van der Waals surface area contributed by atoms with Crippen LogP contribution in [0.2, 0.25) is 10.0 Å². The number of benzene rings is 3. The topological polar surface area (TPSA) is 58.6 Å². The van der Waals surface area contributed by atoms with Crippen molar-refractivity contribution in [2.75, 3.05) is 5.32 Å². The standard InChI is InChI=1S/C21H17Cl2NO3/c22-19-9-4-15(11-20(19)23)13-27-18-3-1-2-14(10-18)12-24-17-7-5-16(6-8-17)21(25)26/h1-11,24H,12-13H2,(H,25,26). The molecule has 0 spiro atoms. The van der Waals surface area contributed by atoms with E-state index in [9.17, 15) is 4.79 Å². The molecule has 0 aliphatic heterocycles. The van der Waals surface area contributed by atoms with E-state index in [0.29, 0.717) is 23.2 Å². The van der Waals surface area contributed by atoms with Gasteiger partial charge in [-0.3, -0.25) is 0 Å². The smallest absolute Gasteiger partial charge is 0.335 e. The van der Waals surface area contributed by atoms with E-state index in [1.807, 2.05) is 30.3 Å². The van der Waals surface area contributed by atoms with Crippen molar-refractivity contribution in [2.45, 2.75) is 13.2 Å². The van der Waals surface area contributed by atoms with E-state index in [1.165, 1.54) is 0 Å². The highest BCUT2D eigenvalue weighted by Gasteiger charge is 2.03. The lowest BCUT2D eigenvalue weighted by atomic mass is 10.2. The quantitative estimate of drug-likeness (QED) is 0.518. The van der Waals surface area contributed by atoms with E-state index < -0.39 is 5.97 Å². The van der Waals surface area contributed by atoms with Gasteiger partial charge in [0.15, 0.2) is 0 Å². The van der Waals surface area contributed by atoms with E-state index in [0.717, 1.165) is 22.6 Å². The average molecular weight is 402 g/mol. The molecule has 0 aliphatic rings. The number of aromatic carboxylic acids is 1. The molecule has 0 radical (unpaired) electrons. The molecule has 0 saturated carbocycles. The molecule has 27 heavy (non-hydrogen) atoms. The van der Waals surface area contributed by atoms with Crippen LogP contribution in [0.25, 0.3) is 0 Å². The minimum atomic E-state index is -0.937. The third-order valence-corrected chi connectivity index (χ3v) is 4.66. The summed E-state index contributed by atoms with van der Waals surface area (Å²) in [7, 11) is 0. The van der Waals surface area contributed by atoms with Crippen molar-refractivity contribution in [3.05, 3.63) is 93.5 Å². The number of rotatable bonds is 7. The van der Waals surface area contributed by atoms with Gasteiger partial charge in [-0.1, -0.05) is 41.4 Å². The second-order valence-electron chi connectivity index (χ2n) is 5.92. The number of anilines is 1. The SMILES string of the molecule is O=C(O)c1ccc(NCc2cccc(OCc3ccc(Cl)c(Cl)c3)c2)cc1. The molecule has 6 heteroatoms. The maximum absolute atomic E-state index is 10.9. The average Bonchev–Trinajstić information content (AvgIpc) is 2.68. The summed E-state index contributed by atoms with van der Waals surface area (Å²) in [5.41, 5.74) is 3.09. The van der Waals surface area contributed by atoms with Crippen molar-refractivity contribution in [3.63, 3.8) is 0 Å². The van der Waals surface area contributed by atoms with Gasteiger partial charge in [0, 0.05) is 12.2 Å². The highest BCUT2D eigenvalue weighted by atomic mass is 35.5. The second-order valence-corrected chi connectivity index (χ2v) is 6.73. The van der Waals surface area contributed by atoms with Crippen molar-refractivity contribution in [3.8, 4) is 5.75 Å². The Hall–Kier alpha value is -2.69. The van der Waals surface area contributed by atoms with Crippen LogP contribution < -0.4 is 10.1 Å². The Morgan fingerprint density at radius 3 is 2.41 bits per heavy atom. The lowest BCUT2D eigenvalue weighted by molar-refractivity contribution is 0.0697. The van der Waals surface area contributed by atoms with Crippen molar-refractivity contribution in [2.24, 2.45) is 0 Å². The predicted octanol–water partition coefficient (Wildman–Crippen LogP) is 5.88. The Morgan fingerprint density at radius 2 is 1.70 bits per heavy atom. The third kappa shape index (κ3) is 5.39. The largest absolute Gasteiger partial charge is 0.489 e. The first kappa shape index (κ1) is 19.1. The highest BCUT2D eigenvalue weighted by Crippen LogP contribution is 2.24. The third-order valence-electron chi connectivity index (χ3n) is 3.92. The predicted molar refractivity (Wildman–Crippen MR) is 108 cm³/mol. The van der Waals surface area contributed by atoms with Gasteiger partial charge < -0.3 is 15.2 Å². The summed E-state index contributed by atoms with van der Waals surface area (Å²) in [5, 5.41) is 13.2. The van der Waals surface area contributed by atoms with Gasteiger partial charge in [-0.2, -0.15) is 0 Å². The Labute approximate surface area is 167 Å². The fourth-order valence-electron chi connectivity index (χ4n) is 2.48. The number of carboxylic acid groups (broad SMARTS) is 1. The van der Waals surface area contributed by atoms with Crippen LogP contribution in [0.15, 0.2) is 66.7 Å². The second kappa shape index (κ2) is 8.80. The summed E-state index contributed by atoms with van der Waals surface area (Å²) < 4.78 is 5.83. The van der Waals surface area contributed by atoms with Crippen molar-refractivity contribution < 1.29 is 14.6 Å². The number of nitrogens with one attached hydrogen (secondary N) is 1. The maximum atomic E-state index is 10.9. The van der Waals surface area contributed by atoms with Gasteiger partial charge in [0.1, 0.15) is 12.4 Å². The molecule has 3 aromatic rings. The van der Waals surface area contributed by atoms with Gasteiger partial charge in [0.2, 0.25) is 0 Å². The minimum Gasteiger partial charge on any atom is -0.489 e. The molecule has 0 saturated heterocycles. The van der Waals surface area contributed by atoms with Gasteiger partial charge in [-0.05, 0) is 59.7 Å². The summed E-state index contributed by atoms with van der Waals surface area (Å²) in [6, 6.07) is 19.8. The number of hydrogen-bond acceptors (Lipinski definition) is 3. The van der Waals surface area contributed by atoms with E-state index in [-0.39, 0.29) is 5.56 Å². The molecule has 0 atom stereocenters. The van der Waals surface area contributed by atoms with Crippen LogP contribution in [0.1, 0.15) is 21.5 Å². The van der Waals surface area contributed by atoms with Crippen LogP contribution in [0.4, 0.5) is 5.69 Å². The van der Waals surface area contributed by atoms with E-state index in [4.69, 9.17) is 33.0 Å². The van der Waals surface area contributed by atoms with Crippen LogP contribution in [0.5, 0.6) is 5.75 Å². The first-order valence-corrected chi connectivity index (χ1v) is 9.00. The number of ether oxygens (including phenoxy) is 1. The van der Waals surface area contributed by atoms with Crippen molar-refractivity contribution in [1.82, 2.24) is 0 Å². The number of carbonyl (C=O) groups is 1. The summed E-state index contributed by atoms with van der Waals surface area (Å²) in [6.07, 6.45) is 0. The molecule has 0 amide bonds.